The van der Waals surface area contributed by atoms with Crippen molar-refractivity contribution in [3.63, 3.8) is 0 Å². The van der Waals surface area contributed by atoms with E-state index < -0.39 is 23.3 Å². The zero-order valence-corrected chi connectivity index (χ0v) is 24.6. The number of benzene rings is 1. The molecule has 2 atom stereocenters. The van der Waals surface area contributed by atoms with Crippen molar-refractivity contribution in [2.24, 2.45) is 5.92 Å². The van der Waals surface area contributed by atoms with Crippen LogP contribution < -0.4 is 10.9 Å². The number of hydrogen-bond acceptors (Lipinski definition) is 7. The first-order valence-corrected chi connectivity index (χ1v) is 14.4. The van der Waals surface area contributed by atoms with E-state index in [2.05, 4.69) is 5.32 Å². The van der Waals surface area contributed by atoms with Gasteiger partial charge < -0.3 is 24.5 Å². The number of aromatic nitrogens is 2. The molecule has 41 heavy (non-hydrogen) atoms. The van der Waals surface area contributed by atoms with E-state index in [4.69, 9.17) is 26.1 Å². The first-order valence-electron chi connectivity index (χ1n) is 14.1. The topological polar surface area (TPSA) is 120 Å². The second-order valence-corrected chi connectivity index (χ2v) is 12.8. The highest BCUT2D eigenvalue weighted by molar-refractivity contribution is 6.32. The number of carbonyl (C=O) groups is 2. The van der Waals surface area contributed by atoms with Gasteiger partial charge in [-0.05, 0) is 82.2 Å². The highest BCUT2D eigenvalue weighted by atomic mass is 35.5. The van der Waals surface area contributed by atoms with Gasteiger partial charge in [-0.2, -0.15) is 0 Å². The molecule has 0 radical (unpaired) electrons. The van der Waals surface area contributed by atoms with Crippen LogP contribution in [0.1, 0.15) is 74.8 Å². The number of amides is 1. The van der Waals surface area contributed by atoms with Crippen molar-refractivity contribution in [1.82, 2.24) is 14.9 Å². The van der Waals surface area contributed by atoms with E-state index in [1.54, 1.807) is 23.6 Å². The molecule has 1 aliphatic carbocycles. The molecule has 0 saturated heterocycles. The third-order valence-corrected chi connectivity index (χ3v) is 8.72. The lowest BCUT2D eigenvalue weighted by atomic mass is 9.86. The van der Waals surface area contributed by atoms with Gasteiger partial charge in [0, 0.05) is 28.1 Å². The molecule has 9 nitrogen and oxygen atoms in total. The number of hydrogen-bond donors (Lipinski definition) is 2. The van der Waals surface area contributed by atoms with Crippen molar-refractivity contribution in [3.05, 3.63) is 61.4 Å². The quantitative estimate of drug-likeness (QED) is 0.328. The summed E-state index contributed by atoms with van der Waals surface area (Å²) < 4.78 is 12.9. The molecule has 0 spiro atoms. The standard InChI is InChI=1S/C31H34ClN3O6/c1-6-31(39)21-10-24-25-19(13-35(24)28(37)20(21)14-40-29(31)38)18(17-9-15(2)22(32)11-23(17)34-25)12-33-27(36)26(16-7-8-16)41-30(3,4)5/h9-11,16,26,39H,6-8,12-14H2,1-5H3,(H,33,36)/t26?,31-/m0/s1. The van der Waals surface area contributed by atoms with Crippen LogP contribution in [0.25, 0.3) is 22.3 Å². The predicted molar refractivity (Wildman–Crippen MR) is 153 cm³/mol. The predicted octanol–water partition coefficient (Wildman–Crippen LogP) is 4.25. The number of halogens is 1. The molecule has 1 saturated carbocycles. The summed E-state index contributed by atoms with van der Waals surface area (Å²) in [7, 11) is 0. The first kappa shape index (κ1) is 27.9. The van der Waals surface area contributed by atoms with Crippen molar-refractivity contribution in [2.75, 3.05) is 0 Å². The number of pyridine rings is 2. The van der Waals surface area contributed by atoms with Gasteiger partial charge in [-0.3, -0.25) is 9.59 Å². The number of cyclic esters (lactones) is 1. The molecule has 1 fully saturated rings. The van der Waals surface area contributed by atoms with E-state index in [-0.39, 0.29) is 54.6 Å². The second kappa shape index (κ2) is 9.64. The van der Waals surface area contributed by atoms with Crippen LogP contribution in [0.2, 0.25) is 5.02 Å². The summed E-state index contributed by atoms with van der Waals surface area (Å²) >= 11 is 6.49. The lowest BCUT2D eigenvalue weighted by Gasteiger charge is -2.31. The fourth-order valence-electron chi connectivity index (χ4n) is 5.91. The van der Waals surface area contributed by atoms with E-state index in [9.17, 15) is 19.5 Å². The maximum atomic E-state index is 13.7. The SMILES string of the molecule is CC[C@@]1(O)C(=O)OCc2c1cc1n(c2=O)Cc2c-1nc1cc(Cl)c(C)cc1c2CNC(=O)C(OC(C)(C)C)C1CC1. The summed E-state index contributed by atoms with van der Waals surface area (Å²) in [5.41, 5.74) is 1.99. The molecule has 10 heteroatoms. The van der Waals surface area contributed by atoms with Crippen molar-refractivity contribution in [3.8, 4) is 11.4 Å². The minimum Gasteiger partial charge on any atom is -0.458 e. The third kappa shape index (κ3) is 4.64. The summed E-state index contributed by atoms with van der Waals surface area (Å²) in [5, 5.41) is 15.7. The largest absolute Gasteiger partial charge is 0.458 e. The van der Waals surface area contributed by atoms with Gasteiger partial charge >= 0.3 is 5.97 Å². The number of nitrogens with zero attached hydrogens (tertiary/aromatic N) is 2. The monoisotopic (exact) mass is 579 g/mol. The van der Waals surface area contributed by atoms with Crippen molar-refractivity contribution in [1.29, 1.82) is 0 Å². The van der Waals surface area contributed by atoms with Crippen LogP contribution in [-0.4, -0.2) is 38.2 Å². The van der Waals surface area contributed by atoms with Crippen molar-refractivity contribution < 1.29 is 24.2 Å². The minimum absolute atomic E-state index is 0.0602. The van der Waals surface area contributed by atoms with Gasteiger partial charge in [0.1, 0.15) is 12.7 Å². The average Bonchev–Trinajstić information content (AvgIpc) is 3.69. The molecule has 1 aromatic carbocycles. The summed E-state index contributed by atoms with van der Waals surface area (Å²) in [5.74, 6) is -0.736. The lowest BCUT2D eigenvalue weighted by molar-refractivity contribution is -0.172. The molecular formula is C31H34ClN3O6. The van der Waals surface area contributed by atoms with Gasteiger partial charge in [0.15, 0.2) is 5.60 Å². The molecule has 2 aromatic heterocycles. The molecule has 3 aromatic rings. The number of esters is 1. The smallest absolute Gasteiger partial charge is 0.343 e. The Hall–Kier alpha value is -3.27. The molecule has 1 unspecified atom stereocenters. The van der Waals surface area contributed by atoms with E-state index in [1.807, 2.05) is 33.8 Å². The van der Waals surface area contributed by atoms with Crippen LogP contribution in [-0.2, 0) is 44.4 Å². The maximum Gasteiger partial charge on any atom is 0.343 e. The molecule has 4 heterocycles. The molecular weight excluding hydrogens is 546 g/mol. The van der Waals surface area contributed by atoms with E-state index in [1.165, 1.54) is 0 Å². The Bertz CT molecular complexity index is 1690. The van der Waals surface area contributed by atoms with Crippen molar-refractivity contribution >= 4 is 34.4 Å². The van der Waals surface area contributed by atoms with Crippen LogP contribution in [0, 0.1) is 12.8 Å². The summed E-state index contributed by atoms with van der Waals surface area (Å²) in [6.45, 7) is 9.65. The normalized spacial score (nSPS) is 20.3. The number of aliphatic hydroxyl groups is 1. The Kier molecular flexibility index (Phi) is 6.56. The molecule has 216 valence electrons. The highest BCUT2D eigenvalue weighted by Gasteiger charge is 2.45. The zero-order chi connectivity index (χ0) is 29.4. The van der Waals surface area contributed by atoms with E-state index in [0.717, 1.165) is 34.9 Å². The average molecular weight is 580 g/mol. The van der Waals surface area contributed by atoms with Gasteiger partial charge in [0.25, 0.3) is 5.56 Å². The minimum atomic E-state index is -1.91. The van der Waals surface area contributed by atoms with Crippen molar-refractivity contribution in [2.45, 2.75) is 90.9 Å². The van der Waals surface area contributed by atoms with Crippen LogP contribution in [0.3, 0.4) is 0 Å². The number of aryl methyl sites for hydroxylation is 1. The van der Waals surface area contributed by atoms with Gasteiger partial charge in [0.05, 0.1) is 34.6 Å². The Morgan fingerprint density at radius 2 is 2.00 bits per heavy atom. The number of rotatable bonds is 6. The summed E-state index contributed by atoms with van der Waals surface area (Å²) in [4.78, 5) is 44.6. The fourth-order valence-corrected chi connectivity index (χ4v) is 6.07. The highest BCUT2D eigenvalue weighted by Crippen LogP contribution is 2.41. The van der Waals surface area contributed by atoms with Crippen LogP contribution in [0.15, 0.2) is 23.0 Å². The second-order valence-electron chi connectivity index (χ2n) is 12.3. The summed E-state index contributed by atoms with van der Waals surface area (Å²) in [6, 6.07) is 5.42. The maximum absolute atomic E-state index is 13.7. The van der Waals surface area contributed by atoms with E-state index in [0.29, 0.717) is 21.9 Å². The van der Waals surface area contributed by atoms with E-state index >= 15 is 0 Å². The number of ether oxygens (including phenoxy) is 2. The Morgan fingerprint density at radius 1 is 1.27 bits per heavy atom. The van der Waals surface area contributed by atoms with Gasteiger partial charge in [-0.25, -0.2) is 9.78 Å². The molecule has 0 bridgehead atoms. The molecule has 2 aliphatic heterocycles. The zero-order valence-electron chi connectivity index (χ0n) is 23.9. The van der Waals surface area contributed by atoms with Gasteiger partial charge in [-0.15, -0.1) is 0 Å². The Balaban J connectivity index is 1.47. The van der Waals surface area contributed by atoms with Gasteiger partial charge in [0.2, 0.25) is 5.91 Å². The summed E-state index contributed by atoms with van der Waals surface area (Å²) in [6.07, 6.45) is 1.44. The lowest BCUT2D eigenvalue weighted by Crippen LogP contribution is -2.44. The number of carbonyl (C=O) groups excluding carboxylic acids is 2. The van der Waals surface area contributed by atoms with Gasteiger partial charge in [-0.1, -0.05) is 18.5 Å². The number of nitrogens with one attached hydrogen (secondary N) is 1. The van der Waals surface area contributed by atoms with Crippen LogP contribution in [0.4, 0.5) is 0 Å². The molecule has 6 rings (SSSR count). The Labute approximate surface area is 242 Å². The molecule has 3 aliphatic rings. The number of fused-ring (bicyclic) bond motifs is 5. The molecule has 1 amide bonds. The molecule has 2 N–H and O–H groups in total. The van der Waals surface area contributed by atoms with Crippen LogP contribution in [0.5, 0.6) is 0 Å². The Morgan fingerprint density at radius 3 is 2.66 bits per heavy atom. The fraction of sp³-hybridized carbons (Fsp3) is 0.484. The third-order valence-electron chi connectivity index (χ3n) is 8.31. The first-order chi connectivity index (χ1) is 19.3. The van der Waals surface area contributed by atoms with Crippen LogP contribution >= 0.6 is 11.6 Å².